The molecule has 0 aliphatic heterocycles. The van der Waals surface area contributed by atoms with Crippen molar-refractivity contribution in [1.82, 2.24) is 14.8 Å². The Balaban J connectivity index is 2.20. The predicted molar refractivity (Wildman–Crippen MR) is 45.6 cm³/mol. The fourth-order valence-electron chi connectivity index (χ4n) is 1.12. The third-order valence-electron chi connectivity index (χ3n) is 1.86. The molecule has 68 valence electrons. The van der Waals surface area contributed by atoms with Gasteiger partial charge in [0.1, 0.15) is 12.2 Å². The van der Waals surface area contributed by atoms with E-state index in [0.29, 0.717) is 6.61 Å². The van der Waals surface area contributed by atoms with Crippen LogP contribution < -0.4 is 0 Å². The van der Waals surface area contributed by atoms with Crippen molar-refractivity contribution < 1.29 is 5.11 Å². The Hall–Kier alpha value is -0.900. The molecule has 4 nitrogen and oxygen atoms in total. The SMILES string of the molecule is Cn1ncnc1CCCCCO. The number of rotatable bonds is 5. The maximum absolute atomic E-state index is 8.54. The van der Waals surface area contributed by atoms with Crippen LogP contribution in [0, 0.1) is 0 Å². The minimum atomic E-state index is 0.290. The summed E-state index contributed by atoms with van der Waals surface area (Å²) in [6.07, 6.45) is 5.55. The molecule has 0 aromatic carbocycles. The van der Waals surface area contributed by atoms with Crippen molar-refractivity contribution in [2.24, 2.45) is 7.05 Å². The molecule has 0 atom stereocenters. The predicted octanol–water partition coefficient (Wildman–Crippen LogP) is 0.520. The van der Waals surface area contributed by atoms with Gasteiger partial charge in [-0.15, -0.1) is 0 Å². The Kier molecular flexibility index (Phi) is 3.73. The first-order valence-electron chi connectivity index (χ1n) is 4.28. The van der Waals surface area contributed by atoms with E-state index in [0.717, 1.165) is 31.5 Å². The van der Waals surface area contributed by atoms with E-state index in [4.69, 9.17) is 5.11 Å². The van der Waals surface area contributed by atoms with Crippen LogP contribution in [-0.2, 0) is 13.5 Å². The van der Waals surface area contributed by atoms with E-state index in [1.54, 1.807) is 11.0 Å². The Morgan fingerprint density at radius 3 is 2.83 bits per heavy atom. The summed E-state index contributed by atoms with van der Waals surface area (Å²) in [6, 6.07) is 0. The molecule has 0 fully saturated rings. The molecule has 0 bridgehead atoms. The van der Waals surface area contributed by atoms with Crippen LogP contribution in [0.5, 0.6) is 0 Å². The molecule has 0 aliphatic rings. The summed E-state index contributed by atoms with van der Waals surface area (Å²) in [7, 11) is 1.90. The zero-order valence-corrected chi connectivity index (χ0v) is 7.40. The first-order valence-corrected chi connectivity index (χ1v) is 4.28. The number of aliphatic hydroxyl groups excluding tert-OH is 1. The minimum absolute atomic E-state index is 0.290. The molecule has 0 saturated heterocycles. The van der Waals surface area contributed by atoms with Crippen LogP contribution >= 0.6 is 0 Å². The molecule has 0 saturated carbocycles. The molecular weight excluding hydrogens is 154 g/mol. The van der Waals surface area contributed by atoms with E-state index >= 15 is 0 Å². The van der Waals surface area contributed by atoms with E-state index in [1.807, 2.05) is 7.05 Å². The average molecular weight is 169 g/mol. The zero-order chi connectivity index (χ0) is 8.81. The Bertz CT molecular complexity index is 222. The summed E-state index contributed by atoms with van der Waals surface area (Å²) < 4.78 is 1.79. The topological polar surface area (TPSA) is 50.9 Å². The number of hydrogen-bond donors (Lipinski definition) is 1. The summed E-state index contributed by atoms with van der Waals surface area (Å²) in [5.41, 5.74) is 0. The highest BCUT2D eigenvalue weighted by Gasteiger charge is 1.98. The second-order valence-corrected chi connectivity index (χ2v) is 2.83. The molecule has 1 aromatic heterocycles. The summed E-state index contributed by atoms with van der Waals surface area (Å²) in [5, 5.41) is 12.5. The van der Waals surface area contributed by atoms with Crippen LogP contribution in [0.25, 0.3) is 0 Å². The van der Waals surface area contributed by atoms with Crippen molar-refractivity contribution in [3.05, 3.63) is 12.2 Å². The first kappa shape index (κ1) is 9.19. The van der Waals surface area contributed by atoms with Gasteiger partial charge in [-0.3, -0.25) is 4.68 Å². The lowest BCUT2D eigenvalue weighted by Crippen LogP contribution is -1.99. The standard InChI is InChI=1S/C8H15N3O/c1-11-8(9-7-10-11)5-3-2-4-6-12/h7,12H,2-6H2,1H3. The number of aliphatic hydroxyl groups is 1. The Labute approximate surface area is 72.2 Å². The molecule has 4 heteroatoms. The van der Waals surface area contributed by atoms with Gasteiger partial charge < -0.3 is 5.11 Å². The highest BCUT2D eigenvalue weighted by molar-refractivity contribution is 4.82. The number of aromatic nitrogens is 3. The smallest absolute Gasteiger partial charge is 0.138 e. The van der Waals surface area contributed by atoms with Gasteiger partial charge in [-0.05, 0) is 12.8 Å². The number of aryl methyl sites for hydroxylation is 2. The van der Waals surface area contributed by atoms with Gasteiger partial charge in [-0.1, -0.05) is 6.42 Å². The van der Waals surface area contributed by atoms with Crippen LogP contribution in [0.4, 0.5) is 0 Å². The van der Waals surface area contributed by atoms with Gasteiger partial charge in [0, 0.05) is 20.1 Å². The molecule has 1 aromatic rings. The summed E-state index contributed by atoms with van der Waals surface area (Å²) in [4.78, 5) is 4.10. The fourth-order valence-corrected chi connectivity index (χ4v) is 1.12. The van der Waals surface area contributed by atoms with Crippen molar-refractivity contribution in [2.45, 2.75) is 25.7 Å². The molecule has 1 heterocycles. The lowest BCUT2D eigenvalue weighted by Gasteiger charge is -1.98. The van der Waals surface area contributed by atoms with Gasteiger partial charge >= 0.3 is 0 Å². The van der Waals surface area contributed by atoms with Crippen molar-refractivity contribution in [1.29, 1.82) is 0 Å². The molecule has 0 radical (unpaired) electrons. The maximum Gasteiger partial charge on any atom is 0.138 e. The molecule has 0 unspecified atom stereocenters. The van der Waals surface area contributed by atoms with Gasteiger partial charge in [-0.25, -0.2) is 4.98 Å². The molecule has 12 heavy (non-hydrogen) atoms. The lowest BCUT2D eigenvalue weighted by molar-refractivity contribution is 0.283. The largest absolute Gasteiger partial charge is 0.396 e. The van der Waals surface area contributed by atoms with E-state index < -0.39 is 0 Å². The summed E-state index contributed by atoms with van der Waals surface area (Å²) in [6.45, 7) is 0.290. The second kappa shape index (κ2) is 4.87. The lowest BCUT2D eigenvalue weighted by atomic mass is 10.2. The maximum atomic E-state index is 8.54. The monoisotopic (exact) mass is 169 g/mol. The van der Waals surface area contributed by atoms with Crippen LogP contribution in [0.15, 0.2) is 6.33 Å². The van der Waals surface area contributed by atoms with Crippen molar-refractivity contribution in [3.8, 4) is 0 Å². The third-order valence-corrected chi connectivity index (χ3v) is 1.86. The van der Waals surface area contributed by atoms with E-state index in [1.165, 1.54) is 0 Å². The van der Waals surface area contributed by atoms with Crippen molar-refractivity contribution >= 4 is 0 Å². The molecule has 1 N–H and O–H groups in total. The van der Waals surface area contributed by atoms with Crippen molar-refractivity contribution in [2.75, 3.05) is 6.61 Å². The highest BCUT2D eigenvalue weighted by atomic mass is 16.2. The van der Waals surface area contributed by atoms with E-state index in [2.05, 4.69) is 10.1 Å². The fraction of sp³-hybridized carbons (Fsp3) is 0.750. The zero-order valence-electron chi connectivity index (χ0n) is 7.40. The average Bonchev–Trinajstić information content (AvgIpc) is 2.46. The molecular formula is C8H15N3O. The van der Waals surface area contributed by atoms with Crippen LogP contribution in [-0.4, -0.2) is 26.5 Å². The third kappa shape index (κ3) is 2.62. The molecule has 0 aliphatic carbocycles. The van der Waals surface area contributed by atoms with Crippen molar-refractivity contribution in [3.63, 3.8) is 0 Å². The minimum Gasteiger partial charge on any atom is -0.396 e. The van der Waals surface area contributed by atoms with Gasteiger partial charge in [0.05, 0.1) is 0 Å². The van der Waals surface area contributed by atoms with Gasteiger partial charge in [0.2, 0.25) is 0 Å². The van der Waals surface area contributed by atoms with Crippen LogP contribution in [0.3, 0.4) is 0 Å². The molecule has 0 amide bonds. The van der Waals surface area contributed by atoms with Crippen LogP contribution in [0.2, 0.25) is 0 Å². The molecule has 0 spiro atoms. The van der Waals surface area contributed by atoms with Crippen LogP contribution in [0.1, 0.15) is 25.1 Å². The Morgan fingerprint density at radius 1 is 1.42 bits per heavy atom. The molecule has 1 rings (SSSR count). The van der Waals surface area contributed by atoms with E-state index in [-0.39, 0.29) is 0 Å². The second-order valence-electron chi connectivity index (χ2n) is 2.83. The quantitative estimate of drug-likeness (QED) is 0.654. The number of unbranched alkanes of at least 4 members (excludes halogenated alkanes) is 2. The summed E-state index contributed by atoms with van der Waals surface area (Å²) in [5.74, 6) is 1.02. The Morgan fingerprint density at radius 2 is 2.25 bits per heavy atom. The van der Waals surface area contributed by atoms with Gasteiger partial charge in [0.15, 0.2) is 0 Å². The van der Waals surface area contributed by atoms with Gasteiger partial charge in [-0.2, -0.15) is 5.10 Å². The van der Waals surface area contributed by atoms with Gasteiger partial charge in [0.25, 0.3) is 0 Å². The first-order chi connectivity index (χ1) is 5.84. The highest BCUT2D eigenvalue weighted by Crippen LogP contribution is 2.01. The van der Waals surface area contributed by atoms with E-state index in [9.17, 15) is 0 Å². The number of nitrogens with zero attached hydrogens (tertiary/aromatic N) is 3. The summed E-state index contributed by atoms with van der Waals surface area (Å²) >= 11 is 0. The normalized spacial score (nSPS) is 10.5. The number of hydrogen-bond acceptors (Lipinski definition) is 3.